The van der Waals surface area contributed by atoms with Gasteiger partial charge in [-0.3, -0.25) is 9.59 Å². The van der Waals surface area contributed by atoms with Gasteiger partial charge in [-0.2, -0.15) is 0 Å². The fourth-order valence-corrected chi connectivity index (χ4v) is 13.8. The van der Waals surface area contributed by atoms with Crippen LogP contribution in [0.5, 0.6) is 0 Å². The van der Waals surface area contributed by atoms with Crippen molar-refractivity contribution in [1.29, 1.82) is 0 Å². The second kappa shape index (κ2) is 13.0. The van der Waals surface area contributed by atoms with E-state index in [9.17, 15) is 19.5 Å². The van der Waals surface area contributed by atoms with Gasteiger partial charge >= 0.3 is 17.9 Å². The number of aliphatic carboxylic acids is 1. The van der Waals surface area contributed by atoms with Crippen LogP contribution in [0.2, 0.25) is 0 Å². The molecule has 10 atom stereocenters. The summed E-state index contributed by atoms with van der Waals surface area (Å²) in [7, 11) is 0. The molecule has 5 aliphatic carbocycles. The summed E-state index contributed by atoms with van der Waals surface area (Å²) in [4.78, 5) is 37.4. The number of carboxylic acids is 1. The number of allylic oxidation sites excluding steroid dienone is 1. The summed E-state index contributed by atoms with van der Waals surface area (Å²) < 4.78 is 17.2. The zero-order chi connectivity index (χ0) is 37.4. The minimum Gasteiger partial charge on any atom is -0.481 e. The maximum atomic E-state index is 13.2. The lowest BCUT2D eigenvalue weighted by atomic mass is 9.32. The molecule has 0 aromatic carbocycles. The van der Waals surface area contributed by atoms with Crippen LogP contribution in [0, 0.1) is 69.0 Å². The zero-order valence-electron chi connectivity index (χ0n) is 33.0. The Kier molecular flexibility index (Phi) is 9.74. The average molecular weight is 708 g/mol. The molecule has 8 heteroatoms. The largest absolute Gasteiger partial charge is 0.481 e. The highest BCUT2D eigenvalue weighted by Gasteiger charge is 2.71. The number of carboxylic acid groups (broad SMARTS) is 1. The lowest BCUT2D eigenvalue weighted by Crippen LogP contribution is -2.66. The van der Waals surface area contributed by atoms with E-state index in [1.54, 1.807) is 13.0 Å². The molecule has 1 aromatic heterocycles. The number of ether oxygens (including phenoxy) is 2. The maximum Gasteiger partial charge on any atom is 0.360 e. The number of nitrogens with zero attached hydrogens (tertiary/aromatic N) is 1. The van der Waals surface area contributed by atoms with Gasteiger partial charge in [-0.1, -0.05) is 65.8 Å². The summed E-state index contributed by atoms with van der Waals surface area (Å²) in [6.45, 7) is 25.2. The van der Waals surface area contributed by atoms with Crippen molar-refractivity contribution in [3.8, 4) is 0 Å². The van der Waals surface area contributed by atoms with Crippen molar-refractivity contribution in [3.63, 3.8) is 0 Å². The van der Waals surface area contributed by atoms with Crippen LogP contribution in [0.3, 0.4) is 0 Å². The summed E-state index contributed by atoms with van der Waals surface area (Å²) in [6.07, 6.45) is 12.2. The first-order chi connectivity index (χ1) is 23.7. The molecule has 0 aliphatic heterocycles. The number of aryl methyl sites for hydroxylation is 1. The molecular formula is C43H65NO7. The predicted molar refractivity (Wildman–Crippen MR) is 196 cm³/mol. The topological polar surface area (TPSA) is 116 Å². The van der Waals surface area contributed by atoms with Gasteiger partial charge < -0.3 is 19.1 Å². The Bertz CT molecular complexity index is 1540. The number of carbonyl (C=O) groups excluding carboxylic acids is 2. The van der Waals surface area contributed by atoms with E-state index in [4.69, 9.17) is 14.0 Å². The maximum absolute atomic E-state index is 13.2. The molecule has 284 valence electrons. The number of carbonyl (C=O) groups is 3. The number of rotatable bonds is 10. The Balaban J connectivity index is 1.20. The van der Waals surface area contributed by atoms with E-state index in [0.29, 0.717) is 42.0 Å². The standard InChI is InChI=1S/C43H65NO7/c1-26(2)28-13-18-43(21-22-49-37(48)30-23-27(3)51-44-30)20-19-41(9)29(36(28)43)11-12-32-40(8)16-15-33(39(6,7)31(40)14-17-42(32,41)10)50-35(47)25-38(4,5)24-34(45)46/h23,28-29,31-33,36H,1,11-22,24-25H2,2-10H3,(H,45,46)/t28-,29+,31-,32+,33-,36+,40-,41+,42+,43+/m0/s1. The van der Waals surface area contributed by atoms with Gasteiger partial charge in [0.1, 0.15) is 11.9 Å². The number of hydrogen-bond acceptors (Lipinski definition) is 7. The summed E-state index contributed by atoms with van der Waals surface area (Å²) in [5.74, 6) is 1.74. The SMILES string of the molecule is C=C(C)[C@@H]1CC[C@]2(CCOC(=O)c3cc(C)on3)CC[C@]3(C)[C@H](CC[C@@H]4[C@@]5(C)CC[C@H](OC(=O)CC(C)(C)CC(=O)O)C(C)(C)[C@@H]5CC[C@]43C)[C@@H]12. The lowest BCUT2D eigenvalue weighted by molar-refractivity contribution is -0.251. The number of esters is 2. The molecule has 0 saturated heterocycles. The molecule has 0 spiro atoms. The van der Waals surface area contributed by atoms with Gasteiger partial charge in [0.25, 0.3) is 0 Å². The van der Waals surface area contributed by atoms with Crippen LogP contribution in [-0.4, -0.2) is 40.9 Å². The van der Waals surface area contributed by atoms with Crippen LogP contribution in [0.15, 0.2) is 22.7 Å². The van der Waals surface area contributed by atoms with Gasteiger partial charge in [0, 0.05) is 11.5 Å². The Morgan fingerprint density at radius 2 is 1.67 bits per heavy atom. The first-order valence-corrected chi connectivity index (χ1v) is 19.9. The third-order valence-electron chi connectivity index (χ3n) is 16.4. The van der Waals surface area contributed by atoms with Crippen LogP contribution >= 0.6 is 0 Å². The first-order valence-electron chi connectivity index (χ1n) is 19.9. The number of fused-ring (bicyclic) bond motifs is 7. The van der Waals surface area contributed by atoms with Crippen LogP contribution in [-0.2, 0) is 19.1 Å². The Hall–Kier alpha value is -2.64. The minimum atomic E-state index is -0.887. The molecule has 5 saturated carbocycles. The molecular weight excluding hydrogens is 642 g/mol. The fraction of sp³-hybridized carbons (Fsp3) is 0.814. The quantitative estimate of drug-likeness (QED) is 0.189. The van der Waals surface area contributed by atoms with Gasteiger partial charge in [0.15, 0.2) is 5.69 Å². The summed E-state index contributed by atoms with van der Waals surface area (Å²) in [5.41, 5.74) is 1.46. The van der Waals surface area contributed by atoms with Gasteiger partial charge in [0.2, 0.25) is 0 Å². The summed E-state index contributed by atoms with van der Waals surface area (Å²) in [5, 5.41) is 13.2. The molecule has 6 rings (SSSR count). The van der Waals surface area contributed by atoms with E-state index >= 15 is 0 Å². The van der Waals surface area contributed by atoms with Crippen molar-refractivity contribution in [2.75, 3.05) is 6.61 Å². The summed E-state index contributed by atoms with van der Waals surface area (Å²) >= 11 is 0. The van der Waals surface area contributed by atoms with E-state index in [0.717, 1.165) is 25.7 Å². The fourth-order valence-electron chi connectivity index (χ4n) is 13.8. The van der Waals surface area contributed by atoms with E-state index in [2.05, 4.69) is 53.3 Å². The van der Waals surface area contributed by atoms with Crippen molar-refractivity contribution < 1.29 is 33.5 Å². The zero-order valence-corrected chi connectivity index (χ0v) is 33.0. The molecule has 5 aliphatic rings. The third kappa shape index (κ3) is 6.30. The van der Waals surface area contributed by atoms with E-state index in [-0.39, 0.29) is 57.7 Å². The van der Waals surface area contributed by atoms with Gasteiger partial charge in [0.05, 0.1) is 19.4 Å². The molecule has 1 aromatic rings. The highest BCUT2D eigenvalue weighted by Crippen LogP contribution is 2.78. The predicted octanol–water partition coefficient (Wildman–Crippen LogP) is 9.99. The molecule has 51 heavy (non-hydrogen) atoms. The molecule has 0 radical (unpaired) electrons. The molecule has 5 fully saturated rings. The molecule has 8 nitrogen and oxygen atoms in total. The Morgan fingerprint density at radius 3 is 2.31 bits per heavy atom. The van der Waals surface area contributed by atoms with E-state index in [1.165, 1.54) is 50.5 Å². The van der Waals surface area contributed by atoms with Crippen molar-refractivity contribution in [3.05, 3.63) is 29.7 Å². The van der Waals surface area contributed by atoms with Crippen molar-refractivity contribution in [1.82, 2.24) is 5.16 Å². The molecule has 0 unspecified atom stereocenters. The summed E-state index contributed by atoms with van der Waals surface area (Å²) in [6, 6.07) is 1.64. The van der Waals surface area contributed by atoms with Crippen LogP contribution < -0.4 is 0 Å². The van der Waals surface area contributed by atoms with Gasteiger partial charge in [-0.05, 0) is 141 Å². The Labute approximate surface area is 306 Å². The molecule has 1 N–H and O–H groups in total. The second-order valence-electron chi connectivity index (χ2n) is 20.0. The normalized spacial score (nSPS) is 39.9. The monoisotopic (exact) mass is 707 g/mol. The molecule has 1 heterocycles. The van der Waals surface area contributed by atoms with Crippen molar-refractivity contribution >= 4 is 17.9 Å². The number of hydrogen-bond donors (Lipinski definition) is 1. The second-order valence-corrected chi connectivity index (χ2v) is 20.0. The molecule has 0 bridgehead atoms. The van der Waals surface area contributed by atoms with Crippen LogP contribution in [0.4, 0.5) is 0 Å². The van der Waals surface area contributed by atoms with Gasteiger partial charge in [-0.25, -0.2) is 4.79 Å². The third-order valence-corrected chi connectivity index (χ3v) is 16.4. The van der Waals surface area contributed by atoms with E-state index < -0.39 is 17.4 Å². The first kappa shape index (κ1) is 38.1. The van der Waals surface area contributed by atoms with Crippen LogP contribution in [0.25, 0.3) is 0 Å². The highest BCUT2D eigenvalue weighted by atomic mass is 16.5. The van der Waals surface area contributed by atoms with Crippen LogP contribution in [0.1, 0.15) is 155 Å². The van der Waals surface area contributed by atoms with Gasteiger partial charge in [-0.15, -0.1) is 0 Å². The minimum absolute atomic E-state index is 0.0526. The number of aromatic nitrogens is 1. The highest BCUT2D eigenvalue weighted by molar-refractivity contribution is 5.87. The van der Waals surface area contributed by atoms with Crippen molar-refractivity contribution in [2.24, 2.45) is 62.1 Å². The average Bonchev–Trinajstić information content (AvgIpc) is 3.62. The smallest absolute Gasteiger partial charge is 0.360 e. The lowest BCUT2D eigenvalue weighted by Gasteiger charge is -2.73. The molecule has 0 amide bonds. The van der Waals surface area contributed by atoms with Crippen molar-refractivity contribution in [2.45, 2.75) is 152 Å². The Morgan fingerprint density at radius 1 is 0.941 bits per heavy atom. The van der Waals surface area contributed by atoms with E-state index in [1.807, 2.05) is 13.8 Å².